The molecule has 0 spiro atoms. The highest BCUT2D eigenvalue weighted by Gasteiger charge is 2.26. The second kappa shape index (κ2) is 9.71. The first kappa shape index (κ1) is 21.1. The Balaban J connectivity index is 1.60. The number of aromatic nitrogens is 2. The van der Waals surface area contributed by atoms with Gasteiger partial charge in [-0.05, 0) is 37.8 Å². The number of nitrogens with one attached hydrogen (secondary N) is 1. The Hall–Kier alpha value is -1.64. The zero-order valence-electron chi connectivity index (χ0n) is 16.9. The monoisotopic (exact) mass is 420 g/mol. The van der Waals surface area contributed by atoms with E-state index in [4.69, 9.17) is 4.74 Å². The molecule has 152 valence electrons. The number of morpholine rings is 1. The van der Waals surface area contributed by atoms with Crippen molar-refractivity contribution < 1.29 is 9.53 Å². The Morgan fingerprint density at radius 2 is 1.86 bits per heavy atom. The number of carbonyl (C=O) groups excluding carboxylic acids is 1. The van der Waals surface area contributed by atoms with Crippen LogP contribution in [0, 0.1) is 0 Å². The first-order valence-corrected chi connectivity index (χ1v) is 11.6. The number of aryl methyl sites for hydroxylation is 2. The summed E-state index contributed by atoms with van der Waals surface area (Å²) in [7, 11) is 0. The molecule has 1 amide bonds. The number of amides is 1. The minimum Gasteiger partial charge on any atom is -0.372 e. The molecule has 1 aromatic heterocycles. The highest BCUT2D eigenvalue weighted by molar-refractivity contribution is 8.01. The van der Waals surface area contributed by atoms with Gasteiger partial charge in [-0.25, -0.2) is 0 Å². The number of thioether (sulfide) groups is 1. The molecule has 2 atom stereocenters. The van der Waals surface area contributed by atoms with E-state index in [1.165, 1.54) is 34.2 Å². The number of ether oxygens (including phenoxy) is 1. The van der Waals surface area contributed by atoms with Crippen LogP contribution in [0.4, 0.5) is 10.8 Å². The second-order valence-electron chi connectivity index (χ2n) is 7.00. The van der Waals surface area contributed by atoms with Crippen molar-refractivity contribution in [1.29, 1.82) is 0 Å². The van der Waals surface area contributed by atoms with Gasteiger partial charge in [-0.15, -0.1) is 10.2 Å². The largest absolute Gasteiger partial charge is 0.372 e. The Labute approximate surface area is 175 Å². The Morgan fingerprint density at radius 3 is 2.46 bits per heavy atom. The van der Waals surface area contributed by atoms with Crippen molar-refractivity contribution in [2.45, 2.75) is 57.1 Å². The standard InChI is InChI=1S/C20H28N4O2S2/c1-5-15-8-7-9-16(6-2)18(15)21-19-22-23-20(28-19)27-12-17(25)24-10-13(3)26-14(4)11-24/h7-9,13-14H,5-6,10-12H2,1-4H3,(H,21,22). The molecule has 1 aliphatic heterocycles. The molecule has 0 aliphatic carbocycles. The van der Waals surface area contributed by atoms with Gasteiger partial charge in [0.15, 0.2) is 4.34 Å². The van der Waals surface area contributed by atoms with Gasteiger partial charge in [-0.1, -0.05) is 55.1 Å². The molecular formula is C20H28N4O2S2. The van der Waals surface area contributed by atoms with Gasteiger partial charge in [-0.3, -0.25) is 4.79 Å². The molecular weight excluding hydrogens is 392 g/mol. The summed E-state index contributed by atoms with van der Waals surface area (Å²) in [5.74, 6) is 0.501. The number of carbonyl (C=O) groups is 1. The molecule has 28 heavy (non-hydrogen) atoms. The molecule has 0 bridgehead atoms. The predicted octanol–water partition coefficient (Wildman–Crippen LogP) is 4.13. The summed E-state index contributed by atoms with van der Waals surface area (Å²) < 4.78 is 6.50. The summed E-state index contributed by atoms with van der Waals surface area (Å²) in [5.41, 5.74) is 3.68. The topological polar surface area (TPSA) is 67.4 Å². The smallest absolute Gasteiger partial charge is 0.233 e. The maximum absolute atomic E-state index is 12.5. The number of hydrogen-bond donors (Lipinski definition) is 1. The summed E-state index contributed by atoms with van der Waals surface area (Å²) >= 11 is 2.94. The lowest BCUT2D eigenvalue weighted by Crippen LogP contribution is -2.48. The summed E-state index contributed by atoms with van der Waals surface area (Å²) in [6.07, 6.45) is 2.09. The van der Waals surface area contributed by atoms with Crippen LogP contribution in [0.5, 0.6) is 0 Å². The third kappa shape index (κ3) is 5.24. The molecule has 2 aromatic rings. The van der Waals surface area contributed by atoms with E-state index in [0.29, 0.717) is 18.8 Å². The van der Waals surface area contributed by atoms with E-state index in [1.54, 1.807) is 0 Å². The maximum atomic E-state index is 12.5. The van der Waals surface area contributed by atoms with Gasteiger partial charge in [0.25, 0.3) is 0 Å². The highest BCUT2D eigenvalue weighted by atomic mass is 32.2. The average molecular weight is 421 g/mol. The van der Waals surface area contributed by atoms with Crippen molar-refractivity contribution in [3.8, 4) is 0 Å². The maximum Gasteiger partial charge on any atom is 0.233 e. The van der Waals surface area contributed by atoms with Gasteiger partial charge in [0.1, 0.15) is 0 Å². The van der Waals surface area contributed by atoms with Gasteiger partial charge in [0.2, 0.25) is 11.0 Å². The quantitative estimate of drug-likeness (QED) is 0.679. The molecule has 8 heteroatoms. The zero-order valence-corrected chi connectivity index (χ0v) is 18.5. The molecule has 6 nitrogen and oxygen atoms in total. The van der Waals surface area contributed by atoms with E-state index in [-0.39, 0.29) is 18.1 Å². The highest BCUT2D eigenvalue weighted by Crippen LogP contribution is 2.31. The number of hydrogen-bond acceptors (Lipinski definition) is 7. The fourth-order valence-corrected chi connectivity index (χ4v) is 5.08. The fraction of sp³-hybridized carbons (Fsp3) is 0.550. The number of nitrogens with zero attached hydrogens (tertiary/aromatic N) is 3. The SMILES string of the molecule is CCc1cccc(CC)c1Nc1nnc(SCC(=O)N2CC(C)OC(C)C2)s1. The number of anilines is 2. The molecule has 2 unspecified atom stereocenters. The van der Waals surface area contributed by atoms with Crippen LogP contribution in [0.25, 0.3) is 0 Å². The first-order chi connectivity index (χ1) is 13.5. The molecule has 1 saturated heterocycles. The molecule has 1 aromatic carbocycles. The van der Waals surface area contributed by atoms with Crippen LogP contribution in [0.15, 0.2) is 22.5 Å². The van der Waals surface area contributed by atoms with Crippen LogP contribution in [0.3, 0.4) is 0 Å². The van der Waals surface area contributed by atoms with E-state index in [1.807, 2.05) is 18.7 Å². The fourth-order valence-electron chi connectivity index (χ4n) is 3.42. The van der Waals surface area contributed by atoms with E-state index in [0.717, 1.165) is 28.0 Å². The summed E-state index contributed by atoms with van der Waals surface area (Å²) in [6, 6.07) is 6.38. The average Bonchev–Trinajstić information content (AvgIpc) is 3.13. The molecule has 0 saturated carbocycles. The number of para-hydroxylation sites is 1. The van der Waals surface area contributed by atoms with Crippen LogP contribution >= 0.6 is 23.1 Å². The Kier molecular flexibility index (Phi) is 7.31. The molecule has 1 aliphatic rings. The minimum absolute atomic E-state index is 0.0847. The molecule has 0 radical (unpaired) electrons. The Bertz CT molecular complexity index is 779. The lowest BCUT2D eigenvalue weighted by atomic mass is 10.0. The van der Waals surface area contributed by atoms with Gasteiger partial charge in [0.05, 0.1) is 18.0 Å². The van der Waals surface area contributed by atoms with Crippen molar-refractivity contribution in [2.24, 2.45) is 0 Å². The van der Waals surface area contributed by atoms with Crippen LogP contribution in [-0.4, -0.2) is 52.1 Å². The summed E-state index contributed by atoms with van der Waals surface area (Å²) in [5, 5.41) is 12.7. The minimum atomic E-state index is 0.0847. The van der Waals surface area contributed by atoms with E-state index >= 15 is 0 Å². The zero-order chi connectivity index (χ0) is 20.1. The van der Waals surface area contributed by atoms with Gasteiger partial charge in [0, 0.05) is 18.8 Å². The van der Waals surface area contributed by atoms with Crippen LogP contribution in [-0.2, 0) is 22.4 Å². The van der Waals surface area contributed by atoms with Gasteiger partial charge in [-0.2, -0.15) is 0 Å². The van der Waals surface area contributed by atoms with Crippen LogP contribution in [0.2, 0.25) is 0 Å². The molecule has 1 fully saturated rings. The lowest BCUT2D eigenvalue weighted by Gasteiger charge is -2.35. The third-order valence-corrected chi connectivity index (χ3v) is 6.69. The van der Waals surface area contributed by atoms with Crippen molar-refractivity contribution in [3.63, 3.8) is 0 Å². The summed E-state index contributed by atoms with van der Waals surface area (Å²) in [6.45, 7) is 9.62. The normalized spacial score (nSPS) is 19.6. The lowest BCUT2D eigenvalue weighted by molar-refractivity contribution is -0.140. The van der Waals surface area contributed by atoms with Crippen molar-refractivity contribution in [3.05, 3.63) is 29.3 Å². The molecule has 3 rings (SSSR count). The second-order valence-corrected chi connectivity index (χ2v) is 9.20. The molecule has 1 N–H and O–H groups in total. The van der Waals surface area contributed by atoms with E-state index < -0.39 is 0 Å². The third-order valence-electron chi connectivity index (χ3n) is 4.73. The number of benzene rings is 1. The summed E-state index contributed by atoms with van der Waals surface area (Å²) in [4.78, 5) is 14.4. The van der Waals surface area contributed by atoms with Crippen molar-refractivity contribution in [2.75, 3.05) is 24.2 Å². The van der Waals surface area contributed by atoms with Crippen molar-refractivity contribution >= 4 is 39.8 Å². The number of rotatable bonds is 7. The Morgan fingerprint density at radius 1 is 1.21 bits per heavy atom. The van der Waals surface area contributed by atoms with Crippen LogP contribution in [0.1, 0.15) is 38.8 Å². The van der Waals surface area contributed by atoms with Gasteiger partial charge < -0.3 is 15.0 Å². The van der Waals surface area contributed by atoms with E-state index in [9.17, 15) is 4.79 Å². The first-order valence-electron chi connectivity index (χ1n) is 9.77. The predicted molar refractivity (Wildman–Crippen MR) is 116 cm³/mol. The van der Waals surface area contributed by atoms with Crippen LogP contribution < -0.4 is 5.32 Å². The van der Waals surface area contributed by atoms with Gasteiger partial charge >= 0.3 is 0 Å². The van der Waals surface area contributed by atoms with Crippen molar-refractivity contribution in [1.82, 2.24) is 15.1 Å². The van der Waals surface area contributed by atoms with E-state index in [2.05, 4.69) is 47.6 Å². The molecule has 2 heterocycles.